The summed E-state index contributed by atoms with van der Waals surface area (Å²) in [6, 6.07) is 12.5. The Kier molecular flexibility index (Phi) is 3.87. The average molecular weight is 367 g/mol. The molecule has 0 fully saturated rings. The van der Waals surface area contributed by atoms with Crippen molar-refractivity contribution in [3.05, 3.63) is 70.8 Å². The number of hydrogen-bond acceptors (Lipinski definition) is 3. The Bertz CT molecular complexity index is 1040. The van der Waals surface area contributed by atoms with E-state index in [1.165, 1.54) is 12.1 Å². The zero-order valence-electron chi connectivity index (χ0n) is 14.6. The first-order chi connectivity index (χ1) is 12.9. The summed E-state index contributed by atoms with van der Waals surface area (Å²) in [4.78, 5) is 26.5. The lowest BCUT2D eigenvalue weighted by Gasteiger charge is -2.11. The van der Waals surface area contributed by atoms with E-state index in [4.69, 9.17) is 0 Å². The van der Waals surface area contributed by atoms with Gasteiger partial charge in [-0.25, -0.2) is 13.7 Å². The number of benzene rings is 2. The van der Waals surface area contributed by atoms with E-state index in [1.807, 2.05) is 0 Å². The Morgan fingerprint density at radius 1 is 0.926 bits per heavy atom. The van der Waals surface area contributed by atoms with Crippen molar-refractivity contribution in [1.82, 2.24) is 9.78 Å². The molecule has 2 amide bonds. The topological polar surface area (TPSA) is 55.2 Å². The quantitative estimate of drug-likeness (QED) is 0.654. The first-order valence-electron chi connectivity index (χ1n) is 8.30. The number of fused-ring (bicyclic) bond motifs is 1. The number of aromatic nitrogens is 2. The molecule has 27 heavy (non-hydrogen) atoms. The summed E-state index contributed by atoms with van der Waals surface area (Å²) < 4.78 is 27.1. The molecular formula is C20H15F2N3O2. The van der Waals surface area contributed by atoms with Gasteiger partial charge in [-0.15, -0.1) is 0 Å². The summed E-state index contributed by atoms with van der Waals surface area (Å²) in [5, 5.41) is 4.36. The van der Waals surface area contributed by atoms with Crippen LogP contribution in [0.1, 0.15) is 38.3 Å². The standard InChI is InChI=1S/C20H15F2N3O2/c1-11-16(12-7-9-13(10-8-12)17(21)22)24(2)23-18(11)25-19(26)14-5-3-4-6-15(14)20(25)27/h3-10,17H,1-2H3. The van der Waals surface area contributed by atoms with Crippen LogP contribution in [0.25, 0.3) is 11.3 Å². The molecule has 2 heterocycles. The third kappa shape index (κ3) is 2.54. The average Bonchev–Trinajstić information content (AvgIpc) is 3.08. The molecule has 1 aromatic heterocycles. The second-order valence-electron chi connectivity index (χ2n) is 6.33. The molecule has 0 saturated heterocycles. The van der Waals surface area contributed by atoms with Crippen molar-refractivity contribution < 1.29 is 18.4 Å². The monoisotopic (exact) mass is 367 g/mol. The molecule has 0 unspecified atom stereocenters. The van der Waals surface area contributed by atoms with Gasteiger partial charge in [-0.05, 0) is 19.1 Å². The SMILES string of the molecule is Cc1c(N2C(=O)c3ccccc3C2=O)nn(C)c1-c1ccc(C(F)F)cc1. The molecule has 0 aliphatic carbocycles. The highest BCUT2D eigenvalue weighted by Gasteiger charge is 2.39. The van der Waals surface area contributed by atoms with Gasteiger partial charge in [0.05, 0.1) is 16.8 Å². The molecule has 4 rings (SSSR count). The smallest absolute Gasteiger partial charge is 0.267 e. The van der Waals surface area contributed by atoms with Crippen LogP contribution in [0.3, 0.4) is 0 Å². The predicted molar refractivity (Wildman–Crippen MR) is 95.9 cm³/mol. The Balaban J connectivity index is 1.78. The molecule has 0 N–H and O–H groups in total. The first kappa shape index (κ1) is 17.1. The Morgan fingerprint density at radius 3 is 2.00 bits per heavy atom. The van der Waals surface area contributed by atoms with Gasteiger partial charge in [-0.2, -0.15) is 5.10 Å². The molecule has 0 spiro atoms. The predicted octanol–water partition coefficient (Wildman–Crippen LogP) is 4.13. The van der Waals surface area contributed by atoms with E-state index in [1.54, 1.807) is 55.1 Å². The third-order valence-corrected chi connectivity index (χ3v) is 4.70. The number of carbonyl (C=O) groups is 2. The number of halogens is 2. The van der Waals surface area contributed by atoms with Gasteiger partial charge >= 0.3 is 0 Å². The number of amides is 2. The van der Waals surface area contributed by atoms with Crippen LogP contribution < -0.4 is 4.90 Å². The van der Waals surface area contributed by atoms with Crippen LogP contribution in [-0.2, 0) is 7.05 Å². The van der Waals surface area contributed by atoms with Gasteiger partial charge < -0.3 is 0 Å². The van der Waals surface area contributed by atoms with Crippen LogP contribution in [0.15, 0.2) is 48.5 Å². The molecule has 1 aliphatic rings. The molecule has 0 radical (unpaired) electrons. The highest BCUT2D eigenvalue weighted by molar-refractivity contribution is 6.34. The molecule has 1 aliphatic heterocycles. The molecule has 2 aromatic carbocycles. The summed E-state index contributed by atoms with van der Waals surface area (Å²) >= 11 is 0. The Morgan fingerprint density at radius 2 is 1.48 bits per heavy atom. The van der Waals surface area contributed by atoms with Gasteiger partial charge in [0.2, 0.25) is 0 Å². The van der Waals surface area contributed by atoms with Crippen LogP contribution in [0.5, 0.6) is 0 Å². The molecule has 3 aromatic rings. The van der Waals surface area contributed by atoms with Gasteiger partial charge in [0.25, 0.3) is 18.2 Å². The van der Waals surface area contributed by atoms with E-state index in [0.29, 0.717) is 27.9 Å². The molecule has 0 atom stereocenters. The first-order valence-corrected chi connectivity index (χ1v) is 8.30. The van der Waals surface area contributed by atoms with Crippen LogP contribution >= 0.6 is 0 Å². The summed E-state index contributed by atoms with van der Waals surface area (Å²) in [5.74, 6) is -0.593. The summed E-state index contributed by atoms with van der Waals surface area (Å²) in [7, 11) is 1.69. The van der Waals surface area contributed by atoms with Crippen LogP contribution in [0, 0.1) is 6.92 Å². The molecular weight excluding hydrogens is 352 g/mol. The zero-order chi connectivity index (χ0) is 19.3. The number of anilines is 1. The maximum absolute atomic E-state index is 12.8. The van der Waals surface area contributed by atoms with Gasteiger partial charge in [-0.3, -0.25) is 14.3 Å². The van der Waals surface area contributed by atoms with Gasteiger partial charge in [0.15, 0.2) is 5.82 Å². The molecule has 7 heteroatoms. The maximum atomic E-state index is 12.8. The van der Waals surface area contributed by atoms with Crippen molar-refractivity contribution in [1.29, 1.82) is 0 Å². The largest absolute Gasteiger partial charge is 0.268 e. The van der Waals surface area contributed by atoms with E-state index < -0.39 is 18.2 Å². The van der Waals surface area contributed by atoms with Crippen LogP contribution in [-0.4, -0.2) is 21.6 Å². The molecule has 0 saturated carbocycles. The number of nitrogens with zero attached hydrogens (tertiary/aromatic N) is 3. The number of imide groups is 1. The fraction of sp³-hybridized carbons (Fsp3) is 0.150. The summed E-state index contributed by atoms with van der Waals surface area (Å²) in [6.07, 6.45) is -2.54. The Hall–Kier alpha value is -3.35. The molecule has 136 valence electrons. The Labute approximate surface area is 153 Å². The van der Waals surface area contributed by atoms with Crippen molar-refractivity contribution >= 4 is 17.6 Å². The van der Waals surface area contributed by atoms with Crippen molar-refractivity contribution in [3.8, 4) is 11.3 Å². The van der Waals surface area contributed by atoms with E-state index in [2.05, 4.69) is 5.10 Å². The van der Waals surface area contributed by atoms with Crippen LogP contribution in [0.2, 0.25) is 0 Å². The van der Waals surface area contributed by atoms with E-state index in [-0.39, 0.29) is 11.4 Å². The van der Waals surface area contributed by atoms with Gasteiger partial charge in [0.1, 0.15) is 0 Å². The lowest BCUT2D eigenvalue weighted by molar-refractivity contribution is 0.0924. The van der Waals surface area contributed by atoms with Crippen molar-refractivity contribution in [2.24, 2.45) is 7.05 Å². The minimum atomic E-state index is -2.54. The summed E-state index contributed by atoms with van der Waals surface area (Å²) in [6.45, 7) is 1.75. The summed E-state index contributed by atoms with van der Waals surface area (Å²) in [5.41, 5.74) is 2.57. The fourth-order valence-electron chi connectivity index (χ4n) is 3.40. The number of alkyl halides is 2. The highest BCUT2D eigenvalue weighted by atomic mass is 19.3. The zero-order valence-corrected chi connectivity index (χ0v) is 14.6. The number of aryl methyl sites for hydroxylation is 1. The third-order valence-electron chi connectivity index (χ3n) is 4.70. The lowest BCUT2D eigenvalue weighted by Crippen LogP contribution is -2.30. The van der Waals surface area contributed by atoms with Crippen molar-refractivity contribution in [3.63, 3.8) is 0 Å². The van der Waals surface area contributed by atoms with E-state index in [0.717, 1.165) is 4.90 Å². The number of carbonyl (C=O) groups excluding carboxylic acids is 2. The van der Waals surface area contributed by atoms with Crippen molar-refractivity contribution in [2.75, 3.05) is 4.90 Å². The number of hydrogen-bond donors (Lipinski definition) is 0. The second kappa shape index (κ2) is 6.12. The van der Waals surface area contributed by atoms with E-state index in [9.17, 15) is 18.4 Å². The molecule has 0 bridgehead atoms. The van der Waals surface area contributed by atoms with Gasteiger partial charge in [0, 0.05) is 23.7 Å². The van der Waals surface area contributed by atoms with Crippen molar-refractivity contribution in [2.45, 2.75) is 13.3 Å². The van der Waals surface area contributed by atoms with Gasteiger partial charge in [-0.1, -0.05) is 36.4 Å². The second-order valence-corrected chi connectivity index (χ2v) is 6.33. The minimum Gasteiger partial charge on any atom is -0.268 e. The minimum absolute atomic E-state index is 0.0702. The molecule has 5 nitrogen and oxygen atoms in total. The normalized spacial score (nSPS) is 13.6. The number of rotatable bonds is 3. The van der Waals surface area contributed by atoms with E-state index >= 15 is 0 Å². The van der Waals surface area contributed by atoms with Crippen LogP contribution in [0.4, 0.5) is 14.6 Å². The highest BCUT2D eigenvalue weighted by Crippen LogP contribution is 2.35. The lowest BCUT2D eigenvalue weighted by atomic mass is 10.1. The maximum Gasteiger partial charge on any atom is 0.267 e. The fourth-order valence-corrected chi connectivity index (χ4v) is 3.40.